The Hall–Kier alpha value is -3.51. The van der Waals surface area contributed by atoms with Crippen LogP contribution < -0.4 is 5.73 Å². The van der Waals surface area contributed by atoms with Crippen LogP contribution in [0.5, 0.6) is 0 Å². The first-order valence-corrected chi connectivity index (χ1v) is 8.31. The molecule has 0 fully saturated rings. The molecule has 4 rings (SSSR count). The maximum Gasteiger partial charge on any atom is 0.258 e. The van der Waals surface area contributed by atoms with Crippen LogP contribution in [0.3, 0.4) is 0 Å². The van der Waals surface area contributed by atoms with Crippen LogP contribution in [0, 0.1) is 5.82 Å². The smallest absolute Gasteiger partial charge is 0.258 e. The van der Waals surface area contributed by atoms with Crippen molar-refractivity contribution in [3.05, 3.63) is 90.0 Å². The summed E-state index contributed by atoms with van der Waals surface area (Å²) in [6, 6.07) is 16.7. The Morgan fingerprint density at radius 1 is 1.07 bits per heavy atom. The second kappa shape index (κ2) is 6.34. The molecule has 2 heterocycles. The molecule has 27 heavy (non-hydrogen) atoms. The molecule has 0 aliphatic carbocycles. The van der Waals surface area contributed by atoms with Crippen LogP contribution in [0.4, 0.5) is 4.39 Å². The number of carbonyl (C=O) groups is 1. The fourth-order valence-electron chi connectivity index (χ4n) is 3.26. The summed E-state index contributed by atoms with van der Waals surface area (Å²) in [7, 11) is 0. The summed E-state index contributed by atoms with van der Waals surface area (Å²) >= 11 is 0. The van der Waals surface area contributed by atoms with E-state index in [1.54, 1.807) is 54.7 Å². The molecule has 4 N–H and O–H groups in total. The van der Waals surface area contributed by atoms with E-state index >= 15 is 0 Å². The predicted molar refractivity (Wildman–Crippen MR) is 100 cm³/mol. The summed E-state index contributed by atoms with van der Waals surface area (Å²) in [5.41, 5.74) is 6.24. The van der Waals surface area contributed by atoms with Gasteiger partial charge < -0.3 is 15.8 Å². The van der Waals surface area contributed by atoms with E-state index < -0.39 is 17.3 Å². The second-order valence-electron chi connectivity index (χ2n) is 6.27. The number of nitrogens with zero attached hydrogens (tertiary/aromatic N) is 1. The highest BCUT2D eigenvalue weighted by Crippen LogP contribution is 2.34. The minimum absolute atomic E-state index is 0.331. The van der Waals surface area contributed by atoms with Gasteiger partial charge in [0.1, 0.15) is 11.5 Å². The van der Waals surface area contributed by atoms with Crippen LogP contribution in [-0.4, -0.2) is 21.0 Å². The third-order valence-corrected chi connectivity index (χ3v) is 4.64. The van der Waals surface area contributed by atoms with Crippen LogP contribution in [-0.2, 0) is 10.4 Å². The van der Waals surface area contributed by atoms with Crippen molar-refractivity contribution in [1.82, 2.24) is 9.97 Å². The first-order chi connectivity index (χ1) is 13.0. The summed E-state index contributed by atoms with van der Waals surface area (Å²) < 4.78 is 13.6. The molecule has 2 aromatic heterocycles. The number of hydrogen-bond donors (Lipinski definition) is 3. The van der Waals surface area contributed by atoms with Gasteiger partial charge in [0, 0.05) is 17.1 Å². The number of hydrogen-bond acceptors (Lipinski definition) is 3. The highest BCUT2D eigenvalue weighted by Gasteiger charge is 2.38. The van der Waals surface area contributed by atoms with E-state index in [0.29, 0.717) is 33.3 Å². The molecule has 6 heteroatoms. The van der Waals surface area contributed by atoms with Gasteiger partial charge in [-0.05, 0) is 28.8 Å². The van der Waals surface area contributed by atoms with E-state index in [9.17, 15) is 14.3 Å². The lowest BCUT2D eigenvalue weighted by Gasteiger charge is -2.26. The quantitative estimate of drug-likeness (QED) is 0.521. The molecular weight excluding hydrogens is 345 g/mol. The maximum atomic E-state index is 13.6. The average molecular weight is 361 g/mol. The number of nitrogens with two attached hydrogens (primary N) is 1. The van der Waals surface area contributed by atoms with Gasteiger partial charge in [0.05, 0.1) is 6.20 Å². The SMILES string of the molecule is NC(=O)C(O)(c1ccccc1)c1cccc(-c2c[nH]c3ncc(F)cc23)c1. The van der Waals surface area contributed by atoms with Gasteiger partial charge in [-0.1, -0.05) is 48.5 Å². The highest BCUT2D eigenvalue weighted by molar-refractivity contribution is 5.94. The Morgan fingerprint density at radius 3 is 2.56 bits per heavy atom. The molecule has 1 amide bonds. The van der Waals surface area contributed by atoms with E-state index in [2.05, 4.69) is 9.97 Å². The third-order valence-electron chi connectivity index (χ3n) is 4.64. The summed E-state index contributed by atoms with van der Waals surface area (Å²) in [5, 5.41) is 11.8. The number of nitrogens with one attached hydrogen (secondary N) is 1. The van der Waals surface area contributed by atoms with Crippen LogP contribution in [0.1, 0.15) is 11.1 Å². The van der Waals surface area contributed by atoms with Crippen molar-refractivity contribution in [2.24, 2.45) is 5.73 Å². The Bertz CT molecular complexity index is 1140. The topological polar surface area (TPSA) is 92.0 Å². The normalized spacial score (nSPS) is 13.4. The fourth-order valence-corrected chi connectivity index (χ4v) is 3.26. The summed E-state index contributed by atoms with van der Waals surface area (Å²) in [6.07, 6.45) is 2.85. The molecule has 0 saturated heterocycles. The lowest BCUT2D eigenvalue weighted by molar-refractivity contribution is -0.133. The van der Waals surface area contributed by atoms with Crippen molar-refractivity contribution < 1.29 is 14.3 Å². The van der Waals surface area contributed by atoms with Crippen LogP contribution in [0.25, 0.3) is 22.2 Å². The zero-order valence-electron chi connectivity index (χ0n) is 14.2. The van der Waals surface area contributed by atoms with Crippen molar-refractivity contribution in [2.75, 3.05) is 0 Å². The van der Waals surface area contributed by atoms with Crippen molar-refractivity contribution >= 4 is 16.9 Å². The van der Waals surface area contributed by atoms with Gasteiger partial charge in [-0.15, -0.1) is 0 Å². The first-order valence-electron chi connectivity index (χ1n) is 8.31. The molecule has 0 spiro atoms. The number of aromatic nitrogens is 2. The minimum atomic E-state index is -1.98. The summed E-state index contributed by atoms with van der Waals surface area (Å²) in [6.45, 7) is 0. The van der Waals surface area contributed by atoms with E-state index in [1.807, 2.05) is 6.07 Å². The molecule has 0 bridgehead atoms. The number of amides is 1. The Labute approximate surface area is 154 Å². The van der Waals surface area contributed by atoms with E-state index in [-0.39, 0.29) is 0 Å². The van der Waals surface area contributed by atoms with Gasteiger partial charge in [0.2, 0.25) is 0 Å². The molecule has 4 aromatic rings. The maximum absolute atomic E-state index is 13.6. The third kappa shape index (κ3) is 2.76. The number of rotatable bonds is 4. The summed E-state index contributed by atoms with van der Waals surface area (Å²) in [5.74, 6) is -1.32. The van der Waals surface area contributed by atoms with Crippen molar-refractivity contribution in [2.45, 2.75) is 5.60 Å². The first kappa shape index (κ1) is 16.9. The number of benzene rings is 2. The van der Waals surface area contributed by atoms with Crippen LogP contribution in [0.15, 0.2) is 73.1 Å². The Morgan fingerprint density at radius 2 is 1.81 bits per heavy atom. The predicted octanol–water partition coefficient (Wildman–Crippen LogP) is 3.09. The van der Waals surface area contributed by atoms with Gasteiger partial charge in [0.15, 0.2) is 5.60 Å². The number of pyridine rings is 1. The average Bonchev–Trinajstić information content (AvgIpc) is 3.11. The van der Waals surface area contributed by atoms with Crippen LogP contribution >= 0.6 is 0 Å². The van der Waals surface area contributed by atoms with Crippen LogP contribution in [0.2, 0.25) is 0 Å². The zero-order chi connectivity index (χ0) is 19.0. The molecule has 1 unspecified atom stereocenters. The Kier molecular flexibility index (Phi) is 3.97. The minimum Gasteiger partial charge on any atom is -0.372 e. The standard InChI is InChI=1S/C21H16FN3O2/c22-16-10-17-18(12-25-19(17)24-11-16)13-5-4-8-15(9-13)21(27,20(23)26)14-6-2-1-3-7-14/h1-12,27H,(H2,23,26)(H,24,25). The van der Waals surface area contributed by atoms with E-state index in [0.717, 1.165) is 6.20 Å². The monoisotopic (exact) mass is 361 g/mol. The molecule has 0 aliphatic rings. The molecule has 0 saturated carbocycles. The number of fused-ring (bicyclic) bond motifs is 1. The molecule has 1 atom stereocenters. The molecule has 2 aromatic carbocycles. The van der Waals surface area contributed by atoms with Gasteiger partial charge in [-0.2, -0.15) is 0 Å². The fraction of sp³-hybridized carbons (Fsp3) is 0.0476. The Balaban J connectivity index is 1.89. The number of aromatic amines is 1. The highest BCUT2D eigenvalue weighted by atomic mass is 19.1. The van der Waals surface area contributed by atoms with Gasteiger partial charge in [-0.3, -0.25) is 4.79 Å². The molecule has 0 radical (unpaired) electrons. The van der Waals surface area contributed by atoms with Gasteiger partial charge in [-0.25, -0.2) is 9.37 Å². The van der Waals surface area contributed by atoms with E-state index in [4.69, 9.17) is 5.73 Å². The van der Waals surface area contributed by atoms with Gasteiger partial charge >= 0.3 is 0 Å². The number of primary amides is 1. The summed E-state index contributed by atoms with van der Waals surface area (Å²) in [4.78, 5) is 19.2. The lowest BCUT2D eigenvalue weighted by atomic mass is 9.84. The van der Waals surface area contributed by atoms with Crippen molar-refractivity contribution in [1.29, 1.82) is 0 Å². The molecule has 134 valence electrons. The van der Waals surface area contributed by atoms with Gasteiger partial charge in [0.25, 0.3) is 5.91 Å². The number of halogens is 1. The van der Waals surface area contributed by atoms with Crippen molar-refractivity contribution in [3.8, 4) is 11.1 Å². The largest absolute Gasteiger partial charge is 0.372 e. The number of carbonyl (C=O) groups excluding carboxylic acids is 1. The second-order valence-corrected chi connectivity index (χ2v) is 6.27. The van der Waals surface area contributed by atoms with E-state index in [1.165, 1.54) is 6.07 Å². The molecular formula is C21H16FN3O2. The lowest BCUT2D eigenvalue weighted by Crippen LogP contribution is -2.42. The molecule has 5 nitrogen and oxygen atoms in total. The number of H-pyrrole nitrogens is 1. The molecule has 0 aliphatic heterocycles. The zero-order valence-corrected chi connectivity index (χ0v) is 14.2. The number of aliphatic hydroxyl groups is 1. The van der Waals surface area contributed by atoms with Crippen molar-refractivity contribution in [3.63, 3.8) is 0 Å².